The molecule has 0 aliphatic heterocycles. The molecule has 2 aromatic heterocycles. The van der Waals surface area contributed by atoms with Crippen LogP contribution in [0.15, 0.2) is 53.5 Å². The molecule has 1 unspecified atom stereocenters. The number of carbonyl (C=O) groups excluding carboxylic acids is 1. The van der Waals surface area contributed by atoms with Gasteiger partial charge in [-0.1, -0.05) is 13.0 Å². The Hall–Kier alpha value is -5.24. The van der Waals surface area contributed by atoms with E-state index in [2.05, 4.69) is 20.4 Å². The van der Waals surface area contributed by atoms with Gasteiger partial charge < -0.3 is 31.4 Å². The Kier molecular flexibility index (Phi) is 8.63. The van der Waals surface area contributed by atoms with E-state index < -0.39 is 23.5 Å². The molecule has 0 fully saturated rings. The molecule has 0 saturated heterocycles. The zero-order valence-electron chi connectivity index (χ0n) is 22.3. The smallest absolute Gasteiger partial charge is 0.349 e. The van der Waals surface area contributed by atoms with Gasteiger partial charge in [0.05, 0.1) is 18.0 Å². The molecule has 41 heavy (non-hydrogen) atoms. The number of H-pyrrole nitrogens is 1. The van der Waals surface area contributed by atoms with Gasteiger partial charge in [0, 0.05) is 24.2 Å². The number of pyridine rings is 1. The Labute approximate surface area is 233 Å². The van der Waals surface area contributed by atoms with Crippen molar-refractivity contribution < 1.29 is 23.8 Å². The van der Waals surface area contributed by atoms with E-state index in [1.54, 1.807) is 18.2 Å². The molecule has 14 heteroatoms. The van der Waals surface area contributed by atoms with Crippen LogP contribution in [0.4, 0.5) is 15.8 Å². The second kappa shape index (κ2) is 12.3. The summed E-state index contributed by atoms with van der Waals surface area (Å²) in [6, 6.07) is 9.48. The summed E-state index contributed by atoms with van der Waals surface area (Å²) in [5.74, 6) is -1.73. The number of benzene rings is 2. The first kappa shape index (κ1) is 28.8. The number of nitrogens with zero attached hydrogens (tertiary/aromatic N) is 3. The quantitative estimate of drug-likeness (QED) is 0.0676. The van der Waals surface area contributed by atoms with Crippen molar-refractivity contribution in [3.05, 3.63) is 87.5 Å². The lowest BCUT2D eigenvalue weighted by atomic mass is 10.00. The number of nitrogens with one attached hydrogen (secondary N) is 3. The van der Waals surface area contributed by atoms with Crippen molar-refractivity contribution >= 4 is 23.2 Å². The molecule has 0 amide bonds. The van der Waals surface area contributed by atoms with E-state index in [-0.39, 0.29) is 64.7 Å². The Morgan fingerprint density at radius 1 is 1.27 bits per heavy atom. The number of amidine groups is 1. The number of aryl methyl sites for hydroxylation is 1. The number of aliphatic hydroxyl groups excluding tert-OH is 1. The molecule has 2 heterocycles. The SMILES string of the molecule is CCc1cc(OCCO)c(F)c(C(Nc2ccc(C(=N)N)cc2OC(C)=O)c2nn(-c3ncccc3N)c(=O)[nH]2)c1. The topological polar surface area (TPSA) is 207 Å². The van der Waals surface area contributed by atoms with E-state index in [0.29, 0.717) is 12.0 Å². The zero-order chi connectivity index (χ0) is 29.7. The van der Waals surface area contributed by atoms with Gasteiger partial charge in [-0.05, 0) is 48.4 Å². The van der Waals surface area contributed by atoms with Crippen LogP contribution in [0, 0.1) is 11.2 Å². The van der Waals surface area contributed by atoms with Crippen LogP contribution in [-0.2, 0) is 11.2 Å². The highest BCUT2D eigenvalue weighted by atomic mass is 19.1. The molecule has 4 rings (SSSR count). The molecular formula is C27H29FN8O5. The zero-order valence-corrected chi connectivity index (χ0v) is 22.3. The second-order valence-corrected chi connectivity index (χ2v) is 8.86. The fourth-order valence-corrected chi connectivity index (χ4v) is 4.05. The van der Waals surface area contributed by atoms with E-state index in [9.17, 15) is 14.7 Å². The minimum atomic E-state index is -1.17. The molecule has 0 bridgehead atoms. The van der Waals surface area contributed by atoms with E-state index in [1.165, 1.54) is 37.4 Å². The summed E-state index contributed by atoms with van der Waals surface area (Å²) in [6.45, 7) is 2.60. The van der Waals surface area contributed by atoms with Crippen LogP contribution in [0.2, 0.25) is 0 Å². The highest BCUT2D eigenvalue weighted by Crippen LogP contribution is 2.36. The summed E-state index contributed by atoms with van der Waals surface area (Å²) in [5, 5.41) is 24.4. The molecule has 1 atom stereocenters. The number of nitrogen functional groups attached to an aromatic ring is 2. The summed E-state index contributed by atoms with van der Waals surface area (Å²) in [4.78, 5) is 31.6. The van der Waals surface area contributed by atoms with Crippen molar-refractivity contribution in [3.8, 4) is 17.3 Å². The number of ether oxygens (including phenoxy) is 2. The molecule has 0 spiro atoms. The van der Waals surface area contributed by atoms with Crippen molar-refractivity contribution in [2.45, 2.75) is 26.3 Å². The number of halogens is 1. The Morgan fingerprint density at radius 3 is 2.71 bits per heavy atom. The second-order valence-electron chi connectivity index (χ2n) is 8.86. The van der Waals surface area contributed by atoms with Gasteiger partial charge in [0.2, 0.25) is 0 Å². The van der Waals surface area contributed by atoms with Crippen molar-refractivity contribution in [3.63, 3.8) is 0 Å². The monoisotopic (exact) mass is 564 g/mol. The van der Waals surface area contributed by atoms with Crippen LogP contribution < -0.4 is 31.9 Å². The van der Waals surface area contributed by atoms with Crippen molar-refractivity contribution in [1.29, 1.82) is 5.41 Å². The van der Waals surface area contributed by atoms with Gasteiger partial charge in [-0.2, -0.15) is 4.68 Å². The summed E-state index contributed by atoms with van der Waals surface area (Å²) in [5.41, 5.74) is 12.4. The lowest BCUT2D eigenvalue weighted by Crippen LogP contribution is -2.19. The number of rotatable bonds is 11. The molecule has 214 valence electrons. The molecule has 0 aliphatic carbocycles. The number of hydrogen-bond acceptors (Lipinski definition) is 10. The lowest BCUT2D eigenvalue weighted by molar-refractivity contribution is -0.131. The maximum Gasteiger partial charge on any atom is 0.349 e. The maximum absolute atomic E-state index is 16.0. The van der Waals surface area contributed by atoms with Crippen LogP contribution in [0.1, 0.15) is 42.4 Å². The van der Waals surface area contributed by atoms with E-state index in [0.717, 1.165) is 4.68 Å². The summed E-state index contributed by atoms with van der Waals surface area (Å²) in [7, 11) is 0. The number of anilines is 2. The third-order valence-electron chi connectivity index (χ3n) is 5.97. The van der Waals surface area contributed by atoms with Gasteiger partial charge in [-0.25, -0.2) is 14.2 Å². The van der Waals surface area contributed by atoms with Gasteiger partial charge in [-0.15, -0.1) is 5.10 Å². The van der Waals surface area contributed by atoms with Gasteiger partial charge >= 0.3 is 11.7 Å². The van der Waals surface area contributed by atoms with Crippen molar-refractivity contribution in [2.75, 3.05) is 24.3 Å². The van der Waals surface area contributed by atoms with Crippen molar-refractivity contribution in [2.24, 2.45) is 5.73 Å². The Balaban J connectivity index is 1.92. The number of carbonyl (C=O) groups is 1. The standard InChI is InChI=1S/C27H29FN8O5/c1-3-15-11-17(22(28)21(12-15)40-10-9-37)23(25-34-27(39)36(35-25)26-18(29)5-4-8-32-26)33-19-7-6-16(24(30)31)13-20(19)41-14(2)38/h4-8,11-13,23,33,37H,3,9-10,29H2,1-2H3,(H3,30,31)(H,34,35,39). The Morgan fingerprint density at radius 2 is 2.05 bits per heavy atom. The molecule has 0 radical (unpaired) electrons. The molecule has 13 nitrogen and oxygen atoms in total. The molecule has 2 aromatic carbocycles. The predicted octanol–water partition coefficient (Wildman–Crippen LogP) is 2.02. The van der Waals surface area contributed by atoms with E-state index >= 15 is 4.39 Å². The number of aromatic amines is 1. The fourth-order valence-electron chi connectivity index (χ4n) is 4.05. The minimum Gasteiger partial charge on any atom is -0.488 e. The third-order valence-corrected chi connectivity index (χ3v) is 5.97. The number of aromatic nitrogens is 4. The summed E-state index contributed by atoms with van der Waals surface area (Å²) >= 11 is 0. The highest BCUT2D eigenvalue weighted by molar-refractivity contribution is 5.96. The largest absolute Gasteiger partial charge is 0.488 e. The van der Waals surface area contributed by atoms with Gasteiger partial charge in [0.1, 0.15) is 18.5 Å². The summed E-state index contributed by atoms with van der Waals surface area (Å²) < 4.78 is 27.7. The third kappa shape index (κ3) is 6.33. The number of nitrogens with two attached hydrogens (primary N) is 2. The fraction of sp³-hybridized carbons (Fsp3) is 0.222. The number of hydrogen-bond donors (Lipinski definition) is 6. The van der Waals surface area contributed by atoms with E-state index in [4.69, 9.17) is 26.4 Å². The first-order valence-electron chi connectivity index (χ1n) is 12.5. The van der Waals surface area contributed by atoms with Crippen LogP contribution in [-0.4, -0.2) is 49.9 Å². The summed E-state index contributed by atoms with van der Waals surface area (Å²) in [6.07, 6.45) is 1.95. The first-order chi connectivity index (χ1) is 19.6. The van der Waals surface area contributed by atoms with Crippen molar-refractivity contribution in [1.82, 2.24) is 19.7 Å². The number of aliphatic hydroxyl groups is 1. The minimum absolute atomic E-state index is 0.00904. The highest BCUT2D eigenvalue weighted by Gasteiger charge is 2.28. The van der Waals surface area contributed by atoms with Crippen LogP contribution in [0.25, 0.3) is 5.82 Å². The first-order valence-corrected chi connectivity index (χ1v) is 12.5. The molecule has 8 N–H and O–H groups in total. The molecule has 4 aromatic rings. The number of esters is 1. The molecule has 0 saturated carbocycles. The van der Waals surface area contributed by atoms with Gasteiger partial charge in [0.15, 0.2) is 29.0 Å². The van der Waals surface area contributed by atoms with Gasteiger partial charge in [-0.3, -0.25) is 15.2 Å². The normalized spacial score (nSPS) is 11.6. The average molecular weight is 565 g/mol. The Bertz CT molecular complexity index is 1650. The van der Waals surface area contributed by atoms with E-state index in [1.807, 2.05) is 6.92 Å². The average Bonchev–Trinajstić information content (AvgIpc) is 3.32. The maximum atomic E-state index is 16.0. The van der Waals surface area contributed by atoms with Crippen LogP contribution in [0.5, 0.6) is 11.5 Å². The van der Waals surface area contributed by atoms with Gasteiger partial charge in [0.25, 0.3) is 0 Å². The lowest BCUT2D eigenvalue weighted by Gasteiger charge is -2.22. The molecule has 0 aliphatic rings. The van der Waals surface area contributed by atoms with Crippen LogP contribution in [0.3, 0.4) is 0 Å². The van der Waals surface area contributed by atoms with Crippen LogP contribution >= 0.6 is 0 Å². The molecular weight excluding hydrogens is 535 g/mol. The predicted molar refractivity (Wildman–Crippen MR) is 149 cm³/mol.